The average Bonchev–Trinajstić information content (AvgIpc) is 3.11. The molecule has 2 unspecified atom stereocenters. The highest BCUT2D eigenvalue weighted by atomic mass is 16.5. The van der Waals surface area contributed by atoms with E-state index in [4.69, 9.17) is 14.2 Å². The molecule has 1 saturated heterocycles. The summed E-state index contributed by atoms with van der Waals surface area (Å²) < 4.78 is 16.5. The van der Waals surface area contributed by atoms with Gasteiger partial charge in [-0.05, 0) is 46.5 Å². The van der Waals surface area contributed by atoms with Gasteiger partial charge in [0.2, 0.25) is 0 Å². The largest absolute Gasteiger partial charge is 0.497 e. The number of hydrogen-bond acceptors (Lipinski definition) is 3. The van der Waals surface area contributed by atoms with Crippen molar-refractivity contribution in [2.45, 2.75) is 5.92 Å². The molecule has 23 heavy (non-hydrogen) atoms. The lowest BCUT2D eigenvalue weighted by molar-refractivity contribution is 0.189. The fourth-order valence-electron chi connectivity index (χ4n) is 3.66. The van der Waals surface area contributed by atoms with Gasteiger partial charge in [-0.2, -0.15) is 0 Å². The molecule has 0 bridgehead atoms. The SMILES string of the molecule is COc1ccc(C2=Cc3ccc(OC)cc3C3COCC23)cc1. The highest BCUT2D eigenvalue weighted by Crippen LogP contribution is 2.47. The van der Waals surface area contributed by atoms with E-state index in [1.165, 1.54) is 22.3 Å². The summed E-state index contributed by atoms with van der Waals surface area (Å²) in [5.41, 5.74) is 5.20. The number of ether oxygens (including phenoxy) is 3. The Kier molecular flexibility index (Phi) is 3.58. The minimum Gasteiger partial charge on any atom is -0.497 e. The molecular weight excluding hydrogens is 288 g/mol. The predicted octanol–water partition coefficient (Wildman–Crippen LogP) is 3.99. The van der Waals surface area contributed by atoms with E-state index >= 15 is 0 Å². The van der Waals surface area contributed by atoms with Crippen molar-refractivity contribution in [2.75, 3.05) is 27.4 Å². The maximum atomic E-state index is 5.81. The van der Waals surface area contributed by atoms with E-state index in [1.807, 2.05) is 18.2 Å². The molecule has 0 aromatic heterocycles. The minimum absolute atomic E-state index is 0.405. The van der Waals surface area contributed by atoms with Crippen LogP contribution in [0.4, 0.5) is 0 Å². The van der Waals surface area contributed by atoms with Crippen molar-refractivity contribution in [3.8, 4) is 11.5 Å². The summed E-state index contributed by atoms with van der Waals surface area (Å²) in [4.78, 5) is 0. The van der Waals surface area contributed by atoms with Crippen molar-refractivity contribution in [3.63, 3.8) is 0 Å². The quantitative estimate of drug-likeness (QED) is 0.858. The van der Waals surface area contributed by atoms with Crippen LogP contribution in [-0.4, -0.2) is 27.4 Å². The van der Waals surface area contributed by atoms with Crippen LogP contribution in [0.3, 0.4) is 0 Å². The van der Waals surface area contributed by atoms with Crippen molar-refractivity contribution >= 4 is 11.6 Å². The van der Waals surface area contributed by atoms with Gasteiger partial charge >= 0.3 is 0 Å². The second-order valence-electron chi connectivity index (χ2n) is 6.07. The Morgan fingerprint density at radius 3 is 2.30 bits per heavy atom. The summed E-state index contributed by atoms with van der Waals surface area (Å²) in [7, 11) is 3.41. The monoisotopic (exact) mass is 308 g/mol. The maximum Gasteiger partial charge on any atom is 0.119 e. The first-order valence-electron chi connectivity index (χ1n) is 7.92. The maximum absolute atomic E-state index is 5.81. The van der Waals surface area contributed by atoms with E-state index < -0.39 is 0 Å². The molecule has 0 saturated carbocycles. The number of benzene rings is 2. The standard InChI is InChI=1S/C20H20O3/c1-21-15-6-3-13(4-7-15)17-9-14-5-8-16(22-2)10-18(14)20-12-23-11-19(17)20/h3-10,19-20H,11-12H2,1-2H3. The van der Waals surface area contributed by atoms with Crippen LogP contribution in [0.25, 0.3) is 11.6 Å². The van der Waals surface area contributed by atoms with Crippen LogP contribution in [0.5, 0.6) is 11.5 Å². The van der Waals surface area contributed by atoms with E-state index in [0.717, 1.165) is 24.7 Å². The smallest absolute Gasteiger partial charge is 0.119 e. The van der Waals surface area contributed by atoms with Crippen LogP contribution in [0.1, 0.15) is 22.6 Å². The van der Waals surface area contributed by atoms with Crippen LogP contribution < -0.4 is 9.47 Å². The first-order chi connectivity index (χ1) is 11.3. The first kappa shape index (κ1) is 14.3. The second-order valence-corrected chi connectivity index (χ2v) is 6.07. The van der Waals surface area contributed by atoms with Gasteiger partial charge in [0.05, 0.1) is 27.4 Å². The lowest BCUT2D eigenvalue weighted by Gasteiger charge is -2.28. The van der Waals surface area contributed by atoms with Crippen LogP contribution in [0, 0.1) is 5.92 Å². The zero-order valence-electron chi connectivity index (χ0n) is 13.4. The Morgan fingerprint density at radius 1 is 0.870 bits per heavy atom. The molecule has 0 spiro atoms. The number of rotatable bonds is 3. The molecular formula is C20H20O3. The van der Waals surface area contributed by atoms with Gasteiger partial charge in [-0.3, -0.25) is 0 Å². The van der Waals surface area contributed by atoms with Crippen molar-refractivity contribution in [1.29, 1.82) is 0 Å². The second kappa shape index (κ2) is 5.74. The Hall–Kier alpha value is -2.26. The molecule has 1 aliphatic heterocycles. The topological polar surface area (TPSA) is 27.7 Å². The molecule has 2 aromatic rings. The molecule has 2 aliphatic rings. The lowest BCUT2D eigenvalue weighted by atomic mass is 9.74. The highest BCUT2D eigenvalue weighted by molar-refractivity contribution is 5.87. The molecule has 2 atom stereocenters. The van der Waals surface area contributed by atoms with Crippen molar-refractivity contribution in [3.05, 3.63) is 59.2 Å². The van der Waals surface area contributed by atoms with E-state index in [9.17, 15) is 0 Å². The summed E-state index contributed by atoms with van der Waals surface area (Å²) in [5, 5.41) is 0. The van der Waals surface area contributed by atoms with Gasteiger partial charge in [0.15, 0.2) is 0 Å². The predicted molar refractivity (Wildman–Crippen MR) is 90.9 cm³/mol. The van der Waals surface area contributed by atoms with Crippen LogP contribution in [0.2, 0.25) is 0 Å². The lowest BCUT2D eigenvalue weighted by Crippen LogP contribution is -2.17. The molecule has 0 amide bonds. The summed E-state index contributed by atoms with van der Waals surface area (Å²) in [6, 6.07) is 14.6. The van der Waals surface area contributed by atoms with Gasteiger partial charge in [0.25, 0.3) is 0 Å². The molecule has 2 aromatic carbocycles. The van der Waals surface area contributed by atoms with E-state index in [-0.39, 0.29) is 0 Å². The third-order valence-electron chi connectivity index (χ3n) is 4.91. The molecule has 118 valence electrons. The summed E-state index contributed by atoms with van der Waals surface area (Å²) >= 11 is 0. The average molecular weight is 308 g/mol. The number of hydrogen-bond donors (Lipinski definition) is 0. The number of methoxy groups -OCH3 is 2. The molecule has 1 aliphatic carbocycles. The molecule has 0 N–H and O–H groups in total. The fourth-order valence-corrected chi connectivity index (χ4v) is 3.66. The summed E-state index contributed by atoms with van der Waals surface area (Å²) in [6.45, 7) is 1.55. The Balaban J connectivity index is 1.80. The Bertz CT molecular complexity index is 746. The summed E-state index contributed by atoms with van der Waals surface area (Å²) in [6.07, 6.45) is 2.30. The molecule has 3 heteroatoms. The van der Waals surface area contributed by atoms with Crippen LogP contribution >= 0.6 is 0 Å². The minimum atomic E-state index is 0.405. The van der Waals surface area contributed by atoms with Gasteiger partial charge < -0.3 is 14.2 Å². The Morgan fingerprint density at radius 2 is 1.57 bits per heavy atom. The first-order valence-corrected chi connectivity index (χ1v) is 7.92. The third-order valence-corrected chi connectivity index (χ3v) is 4.91. The van der Waals surface area contributed by atoms with Gasteiger partial charge in [0.1, 0.15) is 11.5 Å². The third kappa shape index (κ3) is 2.41. The molecule has 0 radical (unpaired) electrons. The van der Waals surface area contributed by atoms with E-state index in [1.54, 1.807) is 14.2 Å². The van der Waals surface area contributed by atoms with E-state index in [2.05, 4.69) is 30.3 Å². The molecule has 1 heterocycles. The highest BCUT2D eigenvalue weighted by Gasteiger charge is 2.37. The van der Waals surface area contributed by atoms with Gasteiger partial charge in [-0.15, -0.1) is 0 Å². The zero-order valence-corrected chi connectivity index (χ0v) is 13.4. The van der Waals surface area contributed by atoms with Crippen molar-refractivity contribution < 1.29 is 14.2 Å². The van der Waals surface area contributed by atoms with Gasteiger partial charge in [-0.1, -0.05) is 24.3 Å². The van der Waals surface area contributed by atoms with Crippen molar-refractivity contribution in [1.82, 2.24) is 0 Å². The summed E-state index contributed by atoms with van der Waals surface area (Å²) in [5.74, 6) is 2.61. The molecule has 3 nitrogen and oxygen atoms in total. The Labute approximate surface area is 136 Å². The van der Waals surface area contributed by atoms with Crippen molar-refractivity contribution in [2.24, 2.45) is 5.92 Å². The fraction of sp³-hybridized carbons (Fsp3) is 0.300. The van der Waals surface area contributed by atoms with Crippen LogP contribution in [-0.2, 0) is 4.74 Å². The van der Waals surface area contributed by atoms with Gasteiger partial charge in [0, 0.05) is 11.8 Å². The van der Waals surface area contributed by atoms with E-state index in [0.29, 0.717) is 11.8 Å². The van der Waals surface area contributed by atoms with Crippen LogP contribution in [0.15, 0.2) is 42.5 Å². The normalized spacial score (nSPS) is 22.1. The zero-order chi connectivity index (χ0) is 15.8. The number of fused-ring (bicyclic) bond motifs is 3. The molecule has 4 rings (SSSR count). The molecule has 1 fully saturated rings. The van der Waals surface area contributed by atoms with Gasteiger partial charge in [-0.25, -0.2) is 0 Å².